The third kappa shape index (κ3) is 3.22. The molecule has 0 N–H and O–H groups in total. The summed E-state index contributed by atoms with van der Waals surface area (Å²) >= 11 is 0. The maximum atomic E-state index is 2.43. The molecular weight excluding hydrogens is 432 g/mol. The summed E-state index contributed by atoms with van der Waals surface area (Å²) in [7, 11) is 0. The van der Waals surface area contributed by atoms with Crippen molar-refractivity contribution in [2.45, 2.75) is 25.7 Å². The Labute approximate surface area is 211 Å². The molecule has 2 aliphatic carbocycles. The summed E-state index contributed by atoms with van der Waals surface area (Å²) in [5, 5.41) is 5.36. The van der Waals surface area contributed by atoms with Crippen molar-refractivity contribution in [1.29, 1.82) is 0 Å². The first-order chi connectivity index (χ1) is 17.8. The number of hydrogen-bond donors (Lipinski definition) is 0. The molecule has 0 radical (unpaired) electrons. The zero-order chi connectivity index (χ0) is 23.6. The van der Waals surface area contributed by atoms with Crippen molar-refractivity contribution < 1.29 is 0 Å². The minimum Gasteiger partial charge on any atom is -0.0620 e. The summed E-state index contributed by atoms with van der Waals surface area (Å²) < 4.78 is 0. The van der Waals surface area contributed by atoms with Crippen LogP contribution in [0, 0.1) is 0 Å². The largest absolute Gasteiger partial charge is 0.0620 e. The molecule has 6 aromatic rings. The summed E-state index contributed by atoms with van der Waals surface area (Å²) in [6.07, 6.45) is 4.16. The lowest BCUT2D eigenvalue weighted by Crippen LogP contribution is -2.07. The molecule has 6 aromatic carbocycles. The molecule has 0 heterocycles. The Morgan fingerprint density at radius 2 is 0.611 bits per heavy atom. The highest BCUT2D eigenvalue weighted by Crippen LogP contribution is 2.35. The first kappa shape index (κ1) is 20.1. The Kier molecular flexibility index (Phi) is 4.28. The fraction of sp³-hybridized carbons (Fsp3) is 0.111. The highest BCUT2D eigenvalue weighted by atomic mass is 14.2. The van der Waals surface area contributed by atoms with Crippen LogP contribution in [0.3, 0.4) is 0 Å². The first-order valence-corrected chi connectivity index (χ1v) is 13.0. The van der Waals surface area contributed by atoms with Gasteiger partial charge in [-0.3, -0.25) is 0 Å². The minimum atomic E-state index is 1.04. The highest BCUT2D eigenvalue weighted by molar-refractivity contribution is 5.93. The van der Waals surface area contributed by atoms with Crippen LogP contribution in [-0.4, -0.2) is 0 Å². The minimum absolute atomic E-state index is 1.04. The molecule has 2 aliphatic rings. The van der Waals surface area contributed by atoms with E-state index < -0.39 is 0 Å². The third-order valence-electron chi connectivity index (χ3n) is 8.41. The molecule has 8 rings (SSSR count). The van der Waals surface area contributed by atoms with E-state index in [1.807, 2.05) is 0 Å². The van der Waals surface area contributed by atoms with Gasteiger partial charge >= 0.3 is 0 Å². The average molecular weight is 459 g/mol. The number of hydrogen-bond acceptors (Lipinski definition) is 0. The molecular formula is C36H26. The molecule has 0 bridgehead atoms. The van der Waals surface area contributed by atoms with Crippen LogP contribution < -0.4 is 0 Å². The van der Waals surface area contributed by atoms with Gasteiger partial charge in [-0.2, -0.15) is 0 Å². The molecule has 36 heavy (non-hydrogen) atoms. The van der Waals surface area contributed by atoms with Gasteiger partial charge in [0.25, 0.3) is 0 Å². The van der Waals surface area contributed by atoms with E-state index in [9.17, 15) is 0 Å². The van der Waals surface area contributed by atoms with Crippen LogP contribution in [-0.2, 0) is 25.7 Å². The molecule has 0 atom stereocenters. The Morgan fingerprint density at radius 1 is 0.278 bits per heavy atom. The molecule has 0 aromatic heterocycles. The topological polar surface area (TPSA) is 0 Å². The van der Waals surface area contributed by atoms with Gasteiger partial charge in [0.15, 0.2) is 0 Å². The maximum absolute atomic E-state index is 2.43. The van der Waals surface area contributed by atoms with Gasteiger partial charge in [0, 0.05) is 0 Å². The van der Waals surface area contributed by atoms with Crippen LogP contribution in [0.25, 0.3) is 32.7 Å². The molecule has 170 valence electrons. The zero-order valence-electron chi connectivity index (χ0n) is 20.2. The quantitative estimate of drug-likeness (QED) is 0.231. The fourth-order valence-electron chi connectivity index (χ4n) is 6.43. The predicted octanol–water partition coefficient (Wildman–Crippen LogP) is 8.65. The zero-order valence-corrected chi connectivity index (χ0v) is 20.2. The predicted molar refractivity (Wildman–Crippen MR) is 151 cm³/mol. The lowest BCUT2D eigenvalue weighted by Gasteiger charge is -2.21. The highest BCUT2D eigenvalue weighted by Gasteiger charge is 2.17. The van der Waals surface area contributed by atoms with Crippen LogP contribution in [0.15, 0.2) is 109 Å². The summed E-state index contributed by atoms with van der Waals surface area (Å²) in [6, 6.07) is 41.4. The van der Waals surface area contributed by atoms with Crippen molar-refractivity contribution >= 4 is 21.5 Å². The standard InChI is InChI=1S/C36H26/c1-3-7-25-15-35-21-31-17-27(9-11-29(31)19-33(35)13-23(25)5-1)28-10-12-30-20-34-14-24-6-2-4-8-26(24)16-36(34)22-32(30)18-28/h1-12,17-22H,13-16H2. The fourth-order valence-corrected chi connectivity index (χ4v) is 6.43. The second kappa shape index (κ2) is 7.67. The van der Waals surface area contributed by atoms with E-state index in [-0.39, 0.29) is 0 Å². The molecule has 0 nitrogen and oxygen atoms in total. The van der Waals surface area contributed by atoms with Gasteiger partial charge in [0.2, 0.25) is 0 Å². The van der Waals surface area contributed by atoms with Crippen LogP contribution in [0.5, 0.6) is 0 Å². The lowest BCUT2D eigenvalue weighted by atomic mass is 9.84. The molecule has 0 aliphatic heterocycles. The maximum Gasteiger partial charge on any atom is -0.00199 e. The molecule has 0 unspecified atom stereocenters. The van der Waals surface area contributed by atoms with Crippen molar-refractivity contribution in [3.8, 4) is 11.1 Å². The molecule has 0 spiro atoms. The van der Waals surface area contributed by atoms with E-state index in [0.717, 1.165) is 25.7 Å². The van der Waals surface area contributed by atoms with E-state index in [1.165, 1.54) is 77.2 Å². The molecule has 0 saturated carbocycles. The van der Waals surface area contributed by atoms with Crippen LogP contribution in [0.2, 0.25) is 0 Å². The smallest absolute Gasteiger partial charge is 0.00199 e. The van der Waals surface area contributed by atoms with E-state index >= 15 is 0 Å². The Balaban J connectivity index is 1.18. The molecule has 0 saturated heterocycles. The van der Waals surface area contributed by atoms with Gasteiger partial charge in [-0.15, -0.1) is 0 Å². The van der Waals surface area contributed by atoms with Crippen molar-refractivity contribution in [3.63, 3.8) is 0 Å². The molecule has 0 heteroatoms. The average Bonchev–Trinajstić information content (AvgIpc) is 2.92. The van der Waals surface area contributed by atoms with Gasteiger partial charge in [-0.25, -0.2) is 0 Å². The van der Waals surface area contributed by atoms with Gasteiger partial charge in [0.05, 0.1) is 0 Å². The van der Waals surface area contributed by atoms with Crippen LogP contribution >= 0.6 is 0 Å². The van der Waals surface area contributed by atoms with Gasteiger partial charge in [-0.1, -0.05) is 97.1 Å². The van der Waals surface area contributed by atoms with E-state index in [0.29, 0.717) is 0 Å². The van der Waals surface area contributed by atoms with E-state index in [4.69, 9.17) is 0 Å². The van der Waals surface area contributed by atoms with Crippen molar-refractivity contribution in [3.05, 3.63) is 154 Å². The van der Waals surface area contributed by atoms with Gasteiger partial charge < -0.3 is 0 Å². The summed E-state index contributed by atoms with van der Waals surface area (Å²) in [5.74, 6) is 0. The summed E-state index contributed by atoms with van der Waals surface area (Å²) in [4.78, 5) is 0. The van der Waals surface area contributed by atoms with E-state index in [1.54, 1.807) is 0 Å². The number of rotatable bonds is 1. The van der Waals surface area contributed by atoms with Crippen LogP contribution in [0.4, 0.5) is 0 Å². The molecule has 0 amide bonds. The lowest BCUT2D eigenvalue weighted by molar-refractivity contribution is 1.01. The monoisotopic (exact) mass is 458 g/mol. The van der Waals surface area contributed by atoms with E-state index in [2.05, 4.69) is 109 Å². The van der Waals surface area contributed by atoms with Crippen molar-refractivity contribution in [2.75, 3.05) is 0 Å². The SMILES string of the molecule is c1ccc2c(c1)Cc1cc3ccc(-c4ccc5cc6c(cc5c4)Cc4ccccc4C6)cc3cc1C2. The summed E-state index contributed by atoms with van der Waals surface area (Å²) in [6.45, 7) is 0. The third-order valence-corrected chi connectivity index (χ3v) is 8.41. The second-order valence-corrected chi connectivity index (χ2v) is 10.6. The normalized spacial score (nSPS) is 13.7. The van der Waals surface area contributed by atoms with Crippen molar-refractivity contribution in [1.82, 2.24) is 0 Å². The van der Waals surface area contributed by atoms with Gasteiger partial charge in [0.1, 0.15) is 0 Å². The summed E-state index contributed by atoms with van der Waals surface area (Å²) in [5.41, 5.74) is 14.4. The Morgan fingerprint density at radius 3 is 0.972 bits per heavy atom. The second-order valence-electron chi connectivity index (χ2n) is 10.6. The first-order valence-electron chi connectivity index (χ1n) is 13.0. The Hall–Kier alpha value is -4.16. The number of fused-ring (bicyclic) bond motifs is 6. The Bertz CT molecular complexity index is 1700. The number of benzene rings is 6. The van der Waals surface area contributed by atoms with Gasteiger partial charge in [-0.05, 0) is 115 Å². The van der Waals surface area contributed by atoms with Crippen molar-refractivity contribution in [2.24, 2.45) is 0 Å². The van der Waals surface area contributed by atoms with Crippen LogP contribution in [0.1, 0.15) is 44.5 Å². The molecule has 0 fully saturated rings.